The average Bonchev–Trinajstić information content (AvgIpc) is 3.48. The maximum Gasteiger partial charge on any atom is 0.416 e. The molecule has 1 aliphatic heterocycles. The number of pyridine rings is 1. The van der Waals surface area contributed by atoms with Crippen LogP contribution in [-0.2, 0) is 12.6 Å². The minimum atomic E-state index is -4.41. The molecule has 35 heavy (non-hydrogen) atoms. The van der Waals surface area contributed by atoms with Crippen LogP contribution >= 0.6 is 0 Å². The van der Waals surface area contributed by atoms with Crippen LogP contribution in [-0.4, -0.2) is 38.3 Å². The Labute approximate surface area is 202 Å². The molecule has 0 bridgehead atoms. The number of halogens is 3. The van der Waals surface area contributed by atoms with E-state index in [4.69, 9.17) is 0 Å². The van der Waals surface area contributed by atoms with Gasteiger partial charge >= 0.3 is 6.18 Å². The molecule has 2 aliphatic rings. The minimum Gasteiger partial charge on any atom is -0.335 e. The Morgan fingerprint density at radius 1 is 1.11 bits per heavy atom. The molecule has 2 fully saturated rings. The molecule has 0 radical (unpaired) electrons. The van der Waals surface area contributed by atoms with Crippen molar-refractivity contribution in [2.24, 2.45) is 5.41 Å². The second-order valence-corrected chi connectivity index (χ2v) is 9.94. The molecule has 5 rings (SSSR count). The monoisotopic (exact) mass is 480 g/mol. The highest BCUT2D eigenvalue weighted by Crippen LogP contribution is 2.55. The van der Waals surface area contributed by atoms with Crippen molar-refractivity contribution in [2.75, 3.05) is 6.54 Å². The first-order valence-electron chi connectivity index (χ1n) is 11.9. The third-order valence-electron chi connectivity index (χ3n) is 7.11. The van der Waals surface area contributed by atoms with Crippen molar-refractivity contribution in [2.45, 2.75) is 58.2 Å². The third-order valence-corrected chi connectivity index (χ3v) is 7.11. The molecule has 3 heterocycles. The van der Waals surface area contributed by atoms with E-state index < -0.39 is 11.7 Å². The van der Waals surface area contributed by atoms with Crippen molar-refractivity contribution < 1.29 is 18.0 Å². The summed E-state index contributed by atoms with van der Waals surface area (Å²) in [5, 5.41) is 0. The van der Waals surface area contributed by atoms with Crippen LogP contribution in [0, 0.1) is 19.3 Å². The first kappa shape index (κ1) is 23.5. The largest absolute Gasteiger partial charge is 0.416 e. The molecule has 1 saturated carbocycles. The Bertz CT molecular complexity index is 1260. The lowest BCUT2D eigenvalue weighted by molar-refractivity contribution is -0.137. The summed E-state index contributed by atoms with van der Waals surface area (Å²) in [7, 11) is 0. The van der Waals surface area contributed by atoms with Crippen LogP contribution in [0.4, 0.5) is 13.2 Å². The van der Waals surface area contributed by atoms with E-state index in [0.29, 0.717) is 47.7 Å². The number of likely N-dealkylation sites (tertiary alicyclic amines) is 1. The van der Waals surface area contributed by atoms with Gasteiger partial charge in [-0.2, -0.15) is 13.2 Å². The number of carbonyl (C=O) groups is 1. The number of aromatic nitrogens is 3. The fourth-order valence-electron chi connectivity index (χ4n) is 5.17. The van der Waals surface area contributed by atoms with Gasteiger partial charge in [0.25, 0.3) is 5.91 Å². The van der Waals surface area contributed by atoms with Crippen LogP contribution in [0.1, 0.15) is 58.6 Å². The molecule has 182 valence electrons. The standard InChI is InChI=1S/C27H27F3N4O/c1-17-4-7-22(24-31-10-3-11-32-24)23(12-17)25(35)34-16-26(8-9-26)15-21(34)6-5-20-14-19(27(28,29)30)13-18(2)33-20/h3-4,7,10-14,21H,5-6,8-9,15-16H2,1-2H3/t21-/m1/s1. The lowest BCUT2D eigenvalue weighted by Gasteiger charge is -2.26. The summed E-state index contributed by atoms with van der Waals surface area (Å²) in [6.45, 7) is 4.20. The molecule has 0 unspecified atom stereocenters. The topological polar surface area (TPSA) is 59.0 Å². The van der Waals surface area contributed by atoms with Crippen molar-refractivity contribution in [3.8, 4) is 11.4 Å². The third kappa shape index (κ3) is 4.92. The summed E-state index contributed by atoms with van der Waals surface area (Å²) in [5.74, 6) is 0.425. The van der Waals surface area contributed by atoms with Crippen molar-refractivity contribution >= 4 is 5.91 Å². The van der Waals surface area contributed by atoms with Gasteiger partial charge in [0, 0.05) is 41.9 Å². The quantitative estimate of drug-likeness (QED) is 0.463. The van der Waals surface area contributed by atoms with Crippen LogP contribution in [0.2, 0.25) is 0 Å². The average molecular weight is 481 g/mol. The summed E-state index contributed by atoms with van der Waals surface area (Å²) in [6.07, 6.45) is 2.89. The molecule has 1 aliphatic carbocycles. The highest BCUT2D eigenvalue weighted by Gasteiger charge is 2.53. The van der Waals surface area contributed by atoms with Crippen molar-refractivity contribution in [1.82, 2.24) is 19.9 Å². The molecule has 1 spiro atoms. The first-order valence-corrected chi connectivity index (χ1v) is 11.9. The summed E-state index contributed by atoms with van der Waals surface area (Å²) >= 11 is 0. The van der Waals surface area contributed by atoms with Gasteiger partial charge in [-0.05, 0) is 75.6 Å². The van der Waals surface area contributed by atoms with Crippen molar-refractivity contribution in [1.29, 1.82) is 0 Å². The van der Waals surface area contributed by atoms with Gasteiger partial charge in [-0.3, -0.25) is 9.78 Å². The maximum absolute atomic E-state index is 13.9. The minimum absolute atomic E-state index is 0.0493. The van der Waals surface area contributed by atoms with Gasteiger partial charge in [-0.15, -0.1) is 0 Å². The zero-order chi connectivity index (χ0) is 24.8. The lowest BCUT2D eigenvalue weighted by Crippen LogP contribution is -2.36. The van der Waals surface area contributed by atoms with Crippen molar-refractivity contribution in [3.05, 3.63) is 76.9 Å². The van der Waals surface area contributed by atoms with E-state index in [-0.39, 0.29) is 17.4 Å². The van der Waals surface area contributed by atoms with Crippen LogP contribution in [0.5, 0.6) is 0 Å². The summed E-state index contributed by atoms with van der Waals surface area (Å²) in [6, 6.07) is 9.58. The Balaban J connectivity index is 1.41. The fraction of sp³-hybridized carbons (Fsp3) is 0.407. The number of amides is 1. The predicted molar refractivity (Wildman–Crippen MR) is 126 cm³/mol. The van der Waals surface area contributed by atoms with Gasteiger partial charge in [0.1, 0.15) is 0 Å². The number of nitrogens with zero attached hydrogens (tertiary/aromatic N) is 4. The molecule has 1 atom stereocenters. The van der Waals surface area contributed by atoms with Crippen LogP contribution in [0.25, 0.3) is 11.4 Å². The normalized spacial score (nSPS) is 18.8. The number of rotatable bonds is 5. The summed E-state index contributed by atoms with van der Waals surface area (Å²) < 4.78 is 39.8. The van der Waals surface area contributed by atoms with Gasteiger partial charge in [0.15, 0.2) is 5.82 Å². The van der Waals surface area contributed by atoms with E-state index in [0.717, 1.165) is 37.0 Å². The van der Waals surface area contributed by atoms with Crippen LogP contribution in [0.3, 0.4) is 0 Å². The number of hydrogen-bond acceptors (Lipinski definition) is 4. The highest BCUT2D eigenvalue weighted by atomic mass is 19.4. The Kier molecular flexibility index (Phi) is 5.85. The van der Waals surface area contributed by atoms with E-state index in [1.165, 1.54) is 0 Å². The molecular weight excluding hydrogens is 453 g/mol. The van der Waals surface area contributed by atoms with Crippen LogP contribution in [0.15, 0.2) is 48.8 Å². The molecule has 0 N–H and O–H groups in total. The lowest BCUT2D eigenvalue weighted by atomic mass is 9.98. The Morgan fingerprint density at radius 3 is 2.54 bits per heavy atom. The number of alkyl halides is 3. The zero-order valence-electron chi connectivity index (χ0n) is 19.8. The van der Waals surface area contributed by atoms with Crippen LogP contribution < -0.4 is 0 Å². The number of hydrogen-bond donors (Lipinski definition) is 0. The van der Waals surface area contributed by atoms with E-state index in [2.05, 4.69) is 15.0 Å². The van der Waals surface area contributed by atoms with E-state index >= 15 is 0 Å². The Morgan fingerprint density at radius 2 is 1.86 bits per heavy atom. The van der Waals surface area contributed by atoms with Crippen molar-refractivity contribution in [3.63, 3.8) is 0 Å². The molecule has 1 aromatic carbocycles. The van der Waals surface area contributed by atoms with E-state index in [1.54, 1.807) is 25.4 Å². The highest BCUT2D eigenvalue weighted by molar-refractivity contribution is 6.00. The Hall–Kier alpha value is -3.29. The summed E-state index contributed by atoms with van der Waals surface area (Å²) in [5.41, 5.74) is 2.44. The SMILES string of the molecule is Cc1ccc(-c2ncccn2)c(C(=O)N2CC3(CC3)C[C@H]2CCc2cc(C(F)(F)F)cc(C)n2)c1. The van der Waals surface area contributed by atoms with Gasteiger partial charge in [0.2, 0.25) is 0 Å². The van der Waals surface area contributed by atoms with Gasteiger partial charge in [-0.25, -0.2) is 9.97 Å². The smallest absolute Gasteiger partial charge is 0.335 e. The van der Waals surface area contributed by atoms with Gasteiger partial charge in [-0.1, -0.05) is 17.7 Å². The second-order valence-electron chi connectivity index (χ2n) is 9.94. The number of aryl methyl sites for hydroxylation is 3. The van der Waals surface area contributed by atoms with E-state index in [9.17, 15) is 18.0 Å². The van der Waals surface area contributed by atoms with E-state index in [1.807, 2.05) is 30.0 Å². The predicted octanol–water partition coefficient (Wildman–Crippen LogP) is 5.80. The molecule has 5 nitrogen and oxygen atoms in total. The molecule has 8 heteroatoms. The number of benzene rings is 1. The fourth-order valence-corrected chi connectivity index (χ4v) is 5.17. The molecule has 2 aromatic heterocycles. The second kappa shape index (κ2) is 8.73. The molecule has 1 amide bonds. The maximum atomic E-state index is 13.9. The zero-order valence-corrected chi connectivity index (χ0v) is 19.8. The van der Waals surface area contributed by atoms with Gasteiger partial charge < -0.3 is 4.90 Å². The molecule has 3 aromatic rings. The number of carbonyl (C=O) groups excluding carboxylic acids is 1. The molecule has 1 saturated heterocycles. The first-order chi connectivity index (χ1) is 16.6. The summed E-state index contributed by atoms with van der Waals surface area (Å²) in [4.78, 5) is 28.8. The van der Waals surface area contributed by atoms with Gasteiger partial charge in [0.05, 0.1) is 11.1 Å². The molecular formula is C27H27F3N4O.